The minimum Gasteiger partial charge on any atom is -0.398 e. The smallest absolute Gasteiger partial charge is 0.264 e. The fraction of sp³-hybridized carbons (Fsp3) is 0.643. The van der Waals surface area contributed by atoms with Crippen LogP contribution in [0.4, 0.5) is 5.69 Å². The van der Waals surface area contributed by atoms with E-state index in [1.807, 2.05) is 13.0 Å². The van der Waals surface area contributed by atoms with E-state index in [2.05, 4.69) is 4.90 Å². The van der Waals surface area contributed by atoms with Crippen LogP contribution < -0.4 is 5.73 Å². The zero-order valence-corrected chi connectivity index (χ0v) is 11.6. The van der Waals surface area contributed by atoms with Gasteiger partial charge in [0.25, 0.3) is 5.91 Å². The Morgan fingerprint density at radius 2 is 2.17 bits per heavy atom. The van der Waals surface area contributed by atoms with Crippen LogP contribution in [0, 0.1) is 12.8 Å². The molecule has 4 heteroatoms. The third-order valence-electron chi connectivity index (χ3n) is 4.42. The summed E-state index contributed by atoms with van der Waals surface area (Å²) in [5.74, 6) is 0.956. The van der Waals surface area contributed by atoms with E-state index in [0.29, 0.717) is 6.04 Å². The number of rotatable bonds is 1. The van der Waals surface area contributed by atoms with Gasteiger partial charge in [-0.2, -0.15) is 0 Å². The molecule has 1 saturated heterocycles. The molecule has 1 aliphatic heterocycles. The van der Waals surface area contributed by atoms with Crippen LogP contribution in [0.25, 0.3) is 0 Å². The maximum atomic E-state index is 12.6. The molecular formula is C14H20N2OS. The predicted molar refractivity (Wildman–Crippen MR) is 74.9 cm³/mol. The second kappa shape index (κ2) is 4.57. The van der Waals surface area contributed by atoms with Gasteiger partial charge in [-0.05, 0) is 44.6 Å². The molecule has 0 radical (unpaired) electrons. The van der Waals surface area contributed by atoms with Crippen molar-refractivity contribution in [3.8, 4) is 0 Å². The number of nitrogens with zero attached hydrogens (tertiary/aromatic N) is 1. The summed E-state index contributed by atoms with van der Waals surface area (Å²) in [5, 5.41) is 0. The molecule has 2 atom stereocenters. The summed E-state index contributed by atoms with van der Waals surface area (Å²) in [4.78, 5) is 16.6. The maximum Gasteiger partial charge on any atom is 0.264 e. The van der Waals surface area contributed by atoms with E-state index < -0.39 is 0 Å². The molecule has 2 heterocycles. The number of thiophene rings is 1. The summed E-state index contributed by atoms with van der Waals surface area (Å²) in [6.07, 6.45) is 6.24. The Kier molecular flexibility index (Phi) is 3.06. The molecule has 3 nitrogen and oxygen atoms in total. The number of hydrogen-bond acceptors (Lipinski definition) is 3. The lowest BCUT2D eigenvalue weighted by Crippen LogP contribution is -2.45. The van der Waals surface area contributed by atoms with Crippen LogP contribution in [0.5, 0.6) is 0 Å². The first-order valence-corrected chi connectivity index (χ1v) is 7.65. The molecular weight excluding hydrogens is 244 g/mol. The molecule has 1 aromatic heterocycles. The summed E-state index contributed by atoms with van der Waals surface area (Å²) < 4.78 is 0. The average Bonchev–Trinajstić information content (AvgIpc) is 2.95. The van der Waals surface area contributed by atoms with Crippen LogP contribution in [-0.4, -0.2) is 23.4 Å². The van der Waals surface area contributed by atoms with Crippen molar-refractivity contribution in [3.05, 3.63) is 15.8 Å². The molecule has 18 heavy (non-hydrogen) atoms. The lowest BCUT2D eigenvalue weighted by Gasteiger charge is -2.37. The van der Waals surface area contributed by atoms with E-state index in [1.165, 1.54) is 37.0 Å². The van der Waals surface area contributed by atoms with Crippen molar-refractivity contribution >= 4 is 22.9 Å². The Morgan fingerprint density at radius 1 is 1.39 bits per heavy atom. The van der Waals surface area contributed by atoms with Gasteiger partial charge in [-0.1, -0.05) is 6.42 Å². The lowest BCUT2D eigenvalue weighted by molar-refractivity contribution is 0.0553. The molecule has 0 aromatic carbocycles. The van der Waals surface area contributed by atoms with Gasteiger partial charge < -0.3 is 10.6 Å². The fourth-order valence-electron chi connectivity index (χ4n) is 3.45. The molecule has 1 aliphatic carbocycles. The first-order valence-electron chi connectivity index (χ1n) is 6.83. The van der Waals surface area contributed by atoms with Gasteiger partial charge in [0.15, 0.2) is 0 Å². The van der Waals surface area contributed by atoms with E-state index >= 15 is 0 Å². The first-order chi connectivity index (χ1) is 8.66. The van der Waals surface area contributed by atoms with Crippen molar-refractivity contribution in [1.82, 2.24) is 4.90 Å². The SMILES string of the molecule is Cc1sc(C(=O)N2CCCC3CCCC32)cc1N. The highest BCUT2D eigenvalue weighted by Gasteiger charge is 2.37. The number of fused-ring (bicyclic) bond motifs is 1. The zero-order chi connectivity index (χ0) is 12.7. The molecule has 1 saturated carbocycles. The summed E-state index contributed by atoms with van der Waals surface area (Å²) >= 11 is 1.53. The van der Waals surface area contributed by atoms with Gasteiger partial charge >= 0.3 is 0 Å². The van der Waals surface area contributed by atoms with E-state index in [1.54, 1.807) is 0 Å². The van der Waals surface area contributed by atoms with Crippen LogP contribution in [0.15, 0.2) is 6.07 Å². The summed E-state index contributed by atoms with van der Waals surface area (Å²) in [5.41, 5.74) is 6.61. The monoisotopic (exact) mass is 264 g/mol. The maximum absolute atomic E-state index is 12.6. The second-order valence-electron chi connectivity index (χ2n) is 5.52. The number of hydrogen-bond donors (Lipinski definition) is 1. The van der Waals surface area contributed by atoms with E-state index in [9.17, 15) is 4.79 Å². The highest BCUT2D eigenvalue weighted by molar-refractivity contribution is 7.14. The number of carbonyl (C=O) groups excluding carboxylic acids is 1. The van der Waals surface area contributed by atoms with Gasteiger partial charge in [0.2, 0.25) is 0 Å². The molecule has 1 aromatic rings. The summed E-state index contributed by atoms with van der Waals surface area (Å²) in [7, 11) is 0. The van der Waals surface area contributed by atoms with E-state index in [0.717, 1.165) is 34.3 Å². The van der Waals surface area contributed by atoms with Crippen molar-refractivity contribution in [2.75, 3.05) is 12.3 Å². The van der Waals surface area contributed by atoms with Crippen LogP contribution in [0.1, 0.15) is 46.7 Å². The number of likely N-dealkylation sites (tertiary alicyclic amines) is 1. The van der Waals surface area contributed by atoms with Crippen molar-refractivity contribution < 1.29 is 4.79 Å². The summed E-state index contributed by atoms with van der Waals surface area (Å²) in [6, 6.07) is 2.34. The van der Waals surface area contributed by atoms with Gasteiger partial charge in [0.1, 0.15) is 0 Å². The zero-order valence-electron chi connectivity index (χ0n) is 10.8. The van der Waals surface area contributed by atoms with Crippen LogP contribution in [0.2, 0.25) is 0 Å². The predicted octanol–water partition coefficient (Wildman–Crippen LogP) is 3.04. The van der Waals surface area contributed by atoms with Gasteiger partial charge in [-0.3, -0.25) is 4.79 Å². The van der Waals surface area contributed by atoms with Crippen LogP contribution in [-0.2, 0) is 0 Å². The minimum atomic E-state index is 0.205. The van der Waals surface area contributed by atoms with Crippen LogP contribution in [0.3, 0.4) is 0 Å². The quantitative estimate of drug-likeness (QED) is 0.847. The number of carbonyl (C=O) groups is 1. The number of aryl methyl sites for hydroxylation is 1. The minimum absolute atomic E-state index is 0.205. The van der Waals surface area contributed by atoms with Crippen molar-refractivity contribution in [2.24, 2.45) is 5.92 Å². The number of anilines is 1. The lowest BCUT2D eigenvalue weighted by atomic mass is 9.92. The molecule has 98 valence electrons. The van der Waals surface area contributed by atoms with Gasteiger partial charge in [0, 0.05) is 23.2 Å². The molecule has 2 aliphatic rings. The molecule has 1 amide bonds. The number of piperidine rings is 1. The Bertz CT molecular complexity index is 449. The Balaban J connectivity index is 1.83. The molecule has 2 unspecified atom stereocenters. The normalized spacial score (nSPS) is 27.3. The number of nitrogens with two attached hydrogens (primary N) is 1. The topological polar surface area (TPSA) is 46.3 Å². The van der Waals surface area contributed by atoms with E-state index in [-0.39, 0.29) is 5.91 Å². The summed E-state index contributed by atoms with van der Waals surface area (Å²) in [6.45, 7) is 2.90. The fourth-order valence-corrected chi connectivity index (χ4v) is 4.35. The average molecular weight is 264 g/mol. The van der Waals surface area contributed by atoms with Crippen molar-refractivity contribution in [3.63, 3.8) is 0 Å². The number of amides is 1. The van der Waals surface area contributed by atoms with Crippen molar-refractivity contribution in [2.45, 2.75) is 45.1 Å². The Hall–Kier alpha value is -1.03. The third kappa shape index (κ3) is 1.92. The van der Waals surface area contributed by atoms with E-state index in [4.69, 9.17) is 5.73 Å². The highest BCUT2D eigenvalue weighted by atomic mass is 32.1. The molecule has 0 bridgehead atoms. The third-order valence-corrected chi connectivity index (χ3v) is 5.48. The second-order valence-corrected chi connectivity index (χ2v) is 6.78. The molecule has 3 rings (SSSR count). The molecule has 2 N–H and O–H groups in total. The largest absolute Gasteiger partial charge is 0.398 e. The Labute approximate surface area is 112 Å². The molecule has 0 spiro atoms. The number of nitrogen functional groups attached to an aromatic ring is 1. The highest BCUT2D eigenvalue weighted by Crippen LogP contribution is 2.38. The van der Waals surface area contributed by atoms with Crippen molar-refractivity contribution in [1.29, 1.82) is 0 Å². The molecule has 2 fully saturated rings. The first kappa shape index (κ1) is 12.0. The van der Waals surface area contributed by atoms with Crippen LogP contribution >= 0.6 is 11.3 Å². The van der Waals surface area contributed by atoms with Gasteiger partial charge in [-0.25, -0.2) is 0 Å². The Morgan fingerprint density at radius 3 is 2.89 bits per heavy atom. The van der Waals surface area contributed by atoms with Gasteiger partial charge in [-0.15, -0.1) is 11.3 Å². The standard InChI is InChI=1S/C14H20N2OS/c1-9-11(15)8-13(18-9)14(17)16-7-3-5-10-4-2-6-12(10)16/h8,10,12H,2-7,15H2,1H3. The van der Waals surface area contributed by atoms with Gasteiger partial charge in [0.05, 0.1) is 4.88 Å².